The number of alkyl halides is 1. The second-order valence-electron chi connectivity index (χ2n) is 1.96. The van der Waals surface area contributed by atoms with Crippen LogP contribution in [0.5, 0.6) is 0 Å². The summed E-state index contributed by atoms with van der Waals surface area (Å²) >= 11 is 6.99. The molecule has 0 saturated heterocycles. The lowest BCUT2D eigenvalue weighted by Gasteiger charge is -2.12. The third kappa shape index (κ3) is 2.31. The molecule has 62 valence electrons. The number of hydrogen-bond donors (Lipinski definition) is 1. The minimum absolute atomic E-state index is 0.113. The summed E-state index contributed by atoms with van der Waals surface area (Å²) in [6.07, 6.45) is 3.44. The van der Waals surface area contributed by atoms with Gasteiger partial charge in [0.15, 0.2) is 0 Å². The van der Waals surface area contributed by atoms with Crippen molar-refractivity contribution < 1.29 is 4.79 Å². The lowest BCUT2D eigenvalue weighted by Crippen LogP contribution is -2.31. The van der Waals surface area contributed by atoms with E-state index in [1.165, 1.54) is 16.3 Å². The number of halogens is 1. The first kappa shape index (κ1) is 8.74. The molecule has 0 aromatic carbocycles. The fourth-order valence-electron chi connectivity index (χ4n) is 0.669. The summed E-state index contributed by atoms with van der Waals surface area (Å²) in [6.45, 7) is 2.51. The summed E-state index contributed by atoms with van der Waals surface area (Å²) < 4.78 is 1.37. The Morgan fingerprint density at radius 2 is 2.64 bits per heavy atom. The van der Waals surface area contributed by atoms with Crippen LogP contribution in [0.2, 0.25) is 0 Å². The molecule has 0 fully saturated rings. The van der Waals surface area contributed by atoms with Gasteiger partial charge in [0, 0.05) is 12.7 Å². The average Bonchev–Trinajstić information content (AvgIpc) is 2.36. The molecular formula is C6H9ClN2OS. The van der Waals surface area contributed by atoms with Crippen LogP contribution in [0.4, 0.5) is 4.79 Å². The van der Waals surface area contributed by atoms with Gasteiger partial charge in [-0.3, -0.25) is 0 Å². The maximum atomic E-state index is 11.1. The van der Waals surface area contributed by atoms with Crippen LogP contribution >= 0.6 is 23.5 Å². The van der Waals surface area contributed by atoms with Crippen LogP contribution in [0.1, 0.15) is 6.92 Å². The molecule has 1 aliphatic heterocycles. The van der Waals surface area contributed by atoms with Gasteiger partial charge < -0.3 is 5.32 Å². The summed E-state index contributed by atoms with van der Waals surface area (Å²) in [5, 5.41) is 2.66. The summed E-state index contributed by atoms with van der Waals surface area (Å²) in [4.78, 5) is 11.1. The van der Waals surface area contributed by atoms with Crippen LogP contribution in [0.15, 0.2) is 12.3 Å². The van der Waals surface area contributed by atoms with Crippen molar-refractivity contribution in [1.82, 2.24) is 9.62 Å². The Balaban J connectivity index is 2.38. The molecule has 5 heteroatoms. The zero-order valence-electron chi connectivity index (χ0n) is 6.08. The Hall–Kier alpha value is -0.350. The van der Waals surface area contributed by atoms with Crippen molar-refractivity contribution in [2.75, 3.05) is 6.54 Å². The smallest absolute Gasteiger partial charge is 0.331 e. The second-order valence-corrected chi connectivity index (χ2v) is 3.80. The van der Waals surface area contributed by atoms with E-state index in [4.69, 9.17) is 11.6 Å². The highest BCUT2D eigenvalue weighted by Gasteiger charge is 2.19. The van der Waals surface area contributed by atoms with Crippen molar-refractivity contribution in [3.05, 3.63) is 12.3 Å². The van der Waals surface area contributed by atoms with Crippen molar-refractivity contribution in [2.45, 2.75) is 11.6 Å². The number of nitrogens with zero attached hydrogens (tertiary/aromatic N) is 1. The Morgan fingerprint density at radius 3 is 3.09 bits per heavy atom. The number of nitrogens with one attached hydrogen (secondary N) is 1. The highest BCUT2D eigenvalue weighted by Crippen LogP contribution is 2.28. The molecule has 1 aliphatic rings. The van der Waals surface area contributed by atoms with Gasteiger partial charge in [0.1, 0.15) is 4.71 Å². The van der Waals surface area contributed by atoms with E-state index in [2.05, 4.69) is 5.32 Å². The Morgan fingerprint density at radius 1 is 1.91 bits per heavy atom. The van der Waals surface area contributed by atoms with Crippen LogP contribution < -0.4 is 5.32 Å². The summed E-state index contributed by atoms with van der Waals surface area (Å²) in [5.41, 5.74) is 0. The third-order valence-corrected chi connectivity index (χ3v) is 2.37. The largest absolute Gasteiger partial charge is 0.337 e. The molecule has 3 nitrogen and oxygen atoms in total. The summed E-state index contributed by atoms with van der Waals surface area (Å²) in [5.74, 6) is 0. The molecule has 11 heavy (non-hydrogen) atoms. The quantitative estimate of drug-likeness (QED) is 0.507. The van der Waals surface area contributed by atoms with E-state index in [-0.39, 0.29) is 10.7 Å². The van der Waals surface area contributed by atoms with Crippen LogP contribution in [0.3, 0.4) is 0 Å². The van der Waals surface area contributed by atoms with E-state index >= 15 is 0 Å². The zero-order valence-corrected chi connectivity index (χ0v) is 7.65. The fourth-order valence-corrected chi connectivity index (χ4v) is 1.65. The molecule has 0 bridgehead atoms. The molecule has 2 amide bonds. The first-order chi connectivity index (χ1) is 5.24. The zero-order chi connectivity index (χ0) is 8.27. The van der Waals surface area contributed by atoms with Gasteiger partial charge in [0.2, 0.25) is 0 Å². The number of hydrogen-bond acceptors (Lipinski definition) is 2. The minimum Gasteiger partial charge on any atom is -0.337 e. The normalized spacial score (nSPS) is 22.4. The van der Waals surface area contributed by atoms with Gasteiger partial charge in [0.05, 0.1) is 0 Å². The molecule has 0 radical (unpaired) electrons. The molecule has 1 N–H and O–H groups in total. The van der Waals surface area contributed by atoms with Crippen molar-refractivity contribution in [1.29, 1.82) is 0 Å². The molecule has 0 spiro atoms. The van der Waals surface area contributed by atoms with Crippen LogP contribution in [0, 0.1) is 0 Å². The van der Waals surface area contributed by atoms with Gasteiger partial charge in [0.25, 0.3) is 0 Å². The lowest BCUT2D eigenvalue weighted by molar-refractivity contribution is 0.234. The maximum Gasteiger partial charge on any atom is 0.331 e. The molecule has 0 aromatic rings. The average molecular weight is 193 g/mol. The standard InChI is InChI=1S/C6H9ClN2OS/c1-2-8-6(10)9-4-3-5(7)11-9/h3-5H,2H2,1H3,(H,8,10). The number of carbonyl (C=O) groups excluding carboxylic acids is 1. The molecule has 0 aliphatic carbocycles. The fraction of sp³-hybridized carbons (Fsp3) is 0.500. The van der Waals surface area contributed by atoms with E-state index in [1.807, 2.05) is 6.92 Å². The topological polar surface area (TPSA) is 32.3 Å². The SMILES string of the molecule is CCNC(=O)N1C=CC(Cl)S1. The van der Waals surface area contributed by atoms with Gasteiger partial charge in [-0.15, -0.1) is 11.6 Å². The first-order valence-corrected chi connectivity index (χ1v) is 4.57. The van der Waals surface area contributed by atoms with Crippen molar-refractivity contribution in [2.24, 2.45) is 0 Å². The third-order valence-electron chi connectivity index (χ3n) is 1.12. The predicted molar refractivity (Wildman–Crippen MR) is 47.3 cm³/mol. The number of rotatable bonds is 1. The molecule has 1 heterocycles. The number of urea groups is 1. The van der Waals surface area contributed by atoms with E-state index in [0.717, 1.165) is 0 Å². The predicted octanol–water partition coefficient (Wildman–Crippen LogP) is 1.76. The van der Waals surface area contributed by atoms with Gasteiger partial charge in [-0.1, -0.05) is 0 Å². The number of amides is 2. The van der Waals surface area contributed by atoms with Crippen LogP contribution in [0.25, 0.3) is 0 Å². The Bertz CT molecular complexity index is 185. The minimum atomic E-state index is -0.114. The van der Waals surface area contributed by atoms with Gasteiger partial charge >= 0.3 is 6.03 Å². The van der Waals surface area contributed by atoms with E-state index in [1.54, 1.807) is 12.3 Å². The van der Waals surface area contributed by atoms with E-state index in [0.29, 0.717) is 6.54 Å². The maximum absolute atomic E-state index is 11.1. The lowest BCUT2D eigenvalue weighted by atomic mass is 10.7. The number of carbonyl (C=O) groups is 1. The van der Waals surface area contributed by atoms with Crippen LogP contribution in [-0.4, -0.2) is 21.6 Å². The van der Waals surface area contributed by atoms with Crippen molar-refractivity contribution in [3.8, 4) is 0 Å². The van der Waals surface area contributed by atoms with Crippen molar-refractivity contribution >= 4 is 29.6 Å². The summed E-state index contributed by atoms with van der Waals surface area (Å²) in [7, 11) is 0. The second kappa shape index (κ2) is 3.88. The highest BCUT2D eigenvalue weighted by molar-refractivity contribution is 7.99. The van der Waals surface area contributed by atoms with Gasteiger partial charge in [-0.05, 0) is 24.9 Å². The first-order valence-electron chi connectivity index (χ1n) is 3.30. The molecule has 1 atom stereocenters. The molecule has 1 rings (SSSR count). The Kier molecular flexibility index (Phi) is 3.08. The molecule has 1 unspecified atom stereocenters. The van der Waals surface area contributed by atoms with E-state index < -0.39 is 0 Å². The van der Waals surface area contributed by atoms with Gasteiger partial charge in [-0.25, -0.2) is 9.10 Å². The van der Waals surface area contributed by atoms with Crippen LogP contribution in [-0.2, 0) is 0 Å². The summed E-state index contributed by atoms with van der Waals surface area (Å²) in [6, 6.07) is -0.114. The van der Waals surface area contributed by atoms with Gasteiger partial charge in [-0.2, -0.15) is 0 Å². The molecule has 0 aromatic heterocycles. The molecule has 0 saturated carbocycles. The molecular weight excluding hydrogens is 184 g/mol. The monoisotopic (exact) mass is 192 g/mol. The highest BCUT2D eigenvalue weighted by atomic mass is 35.5. The van der Waals surface area contributed by atoms with E-state index in [9.17, 15) is 4.79 Å². The van der Waals surface area contributed by atoms with Crippen molar-refractivity contribution in [3.63, 3.8) is 0 Å². The Labute approximate surface area is 74.9 Å².